The molecule has 0 aliphatic rings. The van der Waals surface area contributed by atoms with Gasteiger partial charge in [0.25, 0.3) is 0 Å². The zero-order valence-corrected chi connectivity index (χ0v) is 19.0. The fourth-order valence-corrected chi connectivity index (χ4v) is 4.43. The first-order valence-electron chi connectivity index (χ1n) is 11.4. The summed E-state index contributed by atoms with van der Waals surface area (Å²) in [5.74, 6) is 0.168. The summed E-state index contributed by atoms with van der Waals surface area (Å²) in [6.07, 6.45) is 19.2. The largest absolute Gasteiger partial charge is 0.393 e. The molecule has 0 aromatic carbocycles. The minimum absolute atomic E-state index is 0.0670. The Kier molecular flexibility index (Phi) is 16.3. The van der Waals surface area contributed by atoms with Crippen LogP contribution < -0.4 is 5.73 Å². The highest BCUT2D eigenvalue weighted by atomic mass is 35.5. The van der Waals surface area contributed by atoms with E-state index in [1.165, 1.54) is 83.5 Å². The van der Waals surface area contributed by atoms with Crippen LogP contribution in [0.3, 0.4) is 0 Å². The van der Waals surface area contributed by atoms with Crippen LogP contribution in [0, 0.1) is 5.92 Å². The van der Waals surface area contributed by atoms with E-state index in [4.69, 9.17) is 17.3 Å². The van der Waals surface area contributed by atoms with Crippen LogP contribution in [0.5, 0.6) is 0 Å². The van der Waals surface area contributed by atoms with Crippen LogP contribution in [0.25, 0.3) is 0 Å². The SMILES string of the molecule is CCCCCCCCCCCCCCCC(Cl)C(CC(C)O)C(C)(C)N. The van der Waals surface area contributed by atoms with Gasteiger partial charge in [-0.3, -0.25) is 0 Å². The maximum absolute atomic E-state index is 9.70. The summed E-state index contributed by atoms with van der Waals surface area (Å²) < 4.78 is 0. The number of hydrogen-bond acceptors (Lipinski definition) is 2. The lowest BCUT2D eigenvalue weighted by molar-refractivity contribution is 0.132. The average molecular weight is 390 g/mol. The molecule has 0 radical (unpaired) electrons. The van der Waals surface area contributed by atoms with E-state index in [1.807, 2.05) is 20.8 Å². The van der Waals surface area contributed by atoms with Crippen molar-refractivity contribution in [3.8, 4) is 0 Å². The van der Waals surface area contributed by atoms with E-state index in [0.717, 1.165) is 6.42 Å². The number of hydrogen-bond donors (Lipinski definition) is 2. The van der Waals surface area contributed by atoms with E-state index in [1.54, 1.807) is 0 Å². The third kappa shape index (κ3) is 15.3. The second-order valence-electron chi connectivity index (χ2n) is 9.06. The lowest BCUT2D eigenvalue weighted by Crippen LogP contribution is -2.46. The summed E-state index contributed by atoms with van der Waals surface area (Å²) >= 11 is 6.63. The van der Waals surface area contributed by atoms with Crippen LogP contribution >= 0.6 is 11.6 Å². The highest BCUT2D eigenvalue weighted by Crippen LogP contribution is 2.30. The van der Waals surface area contributed by atoms with E-state index in [-0.39, 0.29) is 22.9 Å². The molecule has 3 N–H and O–H groups in total. The van der Waals surface area contributed by atoms with Gasteiger partial charge in [-0.1, -0.05) is 90.4 Å². The van der Waals surface area contributed by atoms with E-state index >= 15 is 0 Å². The van der Waals surface area contributed by atoms with Gasteiger partial charge in [0.05, 0.1) is 6.10 Å². The summed E-state index contributed by atoms with van der Waals surface area (Å²) in [7, 11) is 0. The molecule has 0 aromatic heterocycles. The monoisotopic (exact) mass is 389 g/mol. The molecular weight excluding hydrogens is 342 g/mol. The molecule has 0 fully saturated rings. The highest BCUT2D eigenvalue weighted by Gasteiger charge is 2.32. The molecule has 0 aliphatic carbocycles. The Hall–Kier alpha value is 0.210. The summed E-state index contributed by atoms with van der Waals surface area (Å²) in [5, 5.41) is 9.77. The molecule has 158 valence electrons. The predicted octanol–water partition coefficient (Wildman–Crippen LogP) is 7.20. The van der Waals surface area contributed by atoms with Crippen LogP contribution in [0.4, 0.5) is 0 Å². The molecule has 0 heterocycles. The minimum atomic E-state index is -0.337. The van der Waals surface area contributed by atoms with Gasteiger partial charge in [-0.25, -0.2) is 0 Å². The van der Waals surface area contributed by atoms with Gasteiger partial charge >= 0.3 is 0 Å². The topological polar surface area (TPSA) is 46.2 Å². The van der Waals surface area contributed by atoms with Crippen molar-refractivity contribution in [1.82, 2.24) is 0 Å². The fourth-order valence-electron chi connectivity index (χ4n) is 3.84. The average Bonchev–Trinajstić information content (AvgIpc) is 2.55. The third-order valence-corrected chi connectivity index (χ3v) is 6.09. The van der Waals surface area contributed by atoms with Crippen molar-refractivity contribution < 1.29 is 5.11 Å². The Bertz CT molecular complexity index is 301. The lowest BCUT2D eigenvalue weighted by Gasteiger charge is -2.35. The normalized spacial score (nSPS) is 15.8. The molecule has 3 heteroatoms. The minimum Gasteiger partial charge on any atom is -0.393 e. The van der Waals surface area contributed by atoms with Gasteiger partial charge in [0.2, 0.25) is 0 Å². The number of aliphatic hydroxyl groups is 1. The number of nitrogens with two attached hydrogens (primary N) is 1. The van der Waals surface area contributed by atoms with Crippen molar-refractivity contribution in [2.75, 3.05) is 0 Å². The number of alkyl halides is 1. The fraction of sp³-hybridized carbons (Fsp3) is 1.00. The van der Waals surface area contributed by atoms with Gasteiger partial charge in [0, 0.05) is 10.9 Å². The Balaban J connectivity index is 3.58. The van der Waals surface area contributed by atoms with Crippen molar-refractivity contribution in [2.24, 2.45) is 11.7 Å². The summed E-state index contributed by atoms with van der Waals surface area (Å²) in [6, 6.07) is 0. The molecule has 0 aliphatic heterocycles. The molecule has 0 saturated carbocycles. The maximum atomic E-state index is 9.70. The zero-order valence-electron chi connectivity index (χ0n) is 18.2. The van der Waals surface area contributed by atoms with E-state index in [9.17, 15) is 5.11 Å². The Labute approximate surface area is 169 Å². The maximum Gasteiger partial charge on any atom is 0.0516 e. The van der Waals surface area contributed by atoms with Crippen LogP contribution in [-0.4, -0.2) is 22.1 Å². The first-order chi connectivity index (χ1) is 12.3. The van der Waals surface area contributed by atoms with Crippen LogP contribution in [0.15, 0.2) is 0 Å². The molecular formula is C23H48ClNO. The Morgan fingerprint density at radius 1 is 0.808 bits per heavy atom. The molecule has 26 heavy (non-hydrogen) atoms. The van der Waals surface area contributed by atoms with Crippen LogP contribution in [0.2, 0.25) is 0 Å². The molecule has 0 amide bonds. The van der Waals surface area contributed by atoms with Crippen molar-refractivity contribution in [3.63, 3.8) is 0 Å². The molecule has 3 unspecified atom stereocenters. The number of aliphatic hydroxyl groups excluding tert-OH is 1. The third-order valence-electron chi connectivity index (χ3n) is 5.57. The van der Waals surface area contributed by atoms with Gasteiger partial charge in [0.1, 0.15) is 0 Å². The van der Waals surface area contributed by atoms with Crippen molar-refractivity contribution >= 4 is 11.6 Å². The molecule has 3 atom stereocenters. The first kappa shape index (κ1) is 26.2. The quantitative estimate of drug-likeness (QED) is 0.192. The summed E-state index contributed by atoms with van der Waals surface area (Å²) in [6.45, 7) is 8.16. The van der Waals surface area contributed by atoms with Gasteiger partial charge < -0.3 is 10.8 Å². The molecule has 0 spiro atoms. The number of unbranched alkanes of at least 4 members (excludes halogenated alkanes) is 12. The molecule has 0 aromatic rings. The molecule has 0 rings (SSSR count). The van der Waals surface area contributed by atoms with Gasteiger partial charge in [-0.05, 0) is 39.5 Å². The van der Waals surface area contributed by atoms with Crippen LogP contribution in [0.1, 0.15) is 124 Å². The highest BCUT2D eigenvalue weighted by molar-refractivity contribution is 6.20. The smallest absolute Gasteiger partial charge is 0.0516 e. The summed E-state index contributed by atoms with van der Waals surface area (Å²) in [5.41, 5.74) is 5.94. The Morgan fingerprint density at radius 3 is 1.54 bits per heavy atom. The number of rotatable bonds is 18. The van der Waals surface area contributed by atoms with Gasteiger partial charge in [-0.2, -0.15) is 0 Å². The van der Waals surface area contributed by atoms with Gasteiger partial charge in [0.15, 0.2) is 0 Å². The van der Waals surface area contributed by atoms with Crippen molar-refractivity contribution in [1.29, 1.82) is 0 Å². The van der Waals surface area contributed by atoms with Crippen LogP contribution in [-0.2, 0) is 0 Å². The second-order valence-corrected chi connectivity index (χ2v) is 9.62. The van der Waals surface area contributed by atoms with E-state index in [0.29, 0.717) is 6.42 Å². The molecule has 0 saturated heterocycles. The van der Waals surface area contributed by atoms with Crippen molar-refractivity contribution in [3.05, 3.63) is 0 Å². The molecule has 2 nitrogen and oxygen atoms in total. The lowest BCUT2D eigenvalue weighted by atomic mass is 9.80. The summed E-state index contributed by atoms with van der Waals surface area (Å²) in [4.78, 5) is 0. The standard InChI is InChI=1S/C23H48ClNO/c1-5-6-7-8-9-10-11-12-13-14-15-16-17-18-22(24)21(19-20(2)26)23(3,4)25/h20-22,26H,5-19,25H2,1-4H3. The number of halogens is 1. The predicted molar refractivity (Wildman–Crippen MR) is 118 cm³/mol. The van der Waals surface area contributed by atoms with E-state index < -0.39 is 0 Å². The van der Waals surface area contributed by atoms with Gasteiger partial charge in [-0.15, -0.1) is 11.6 Å². The van der Waals surface area contributed by atoms with E-state index in [2.05, 4.69) is 6.92 Å². The Morgan fingerprint density at radius 2 is 1.19 bits per heavy atom. The molecule has 0 bridgehead atoms. The van der Waals surface area contributed by atoms with Crippen molar-refractivity contribution in [2.45, 2.75) is 141 Å². The zero-order chi connectivity index (χ0) is 19.8. The first-order valence-corrected chi connectivity index (χ1v) is 11.8. The second kappa shape index (κ2) is 16.2.